The van der Waals surface area contributed by atoms with Gasteiger partial charge in [-0.1, -0.05) is 19.4 Å². The number of nitrogens with one attached hydrogen (secondary N) is 2. The smallest absolute Gasteiger partial charge is 0.251 e. The van der Waals surface area contributed by atoms with Crippen molar-refractivity contribution in [1.29, 1.82) is 0 Å². The maximum atomic E-state index is 12.1. The Kier molecular flexibility index (Phi) is 8.09. The van der Waals surface area contributed by atoms with Crippen LogP contribution >= 0.6 is 0 Å². The molecule has 0 unspecified atom stereocenters. The van der Waals surface area contributed by atoms with Gasteiger partial charge in [-0.2, -0.15) is 0 Å². The fraction of sp³-hybridized carbons (Fsp3) is 0.273. The van der Waals surface area contributed by atoms with Gasteiger partial charge in [0.15, 0.2) is 11.5 Å². The number of anilines is 1. The van der Waals surface area contributed by atoms with Crippen LogP contribution in [0.15, 0.2) is 48.5 Å². The van der Waals surface area contributed by atoms with Gasteiger partial charge < -0.3 is 20.1 Å². The third-order valence-electron chi connectivity index (χ3n) is 4.01. The van der Waals surface area contributed by atoms with Gasteiger partial charge in [0.05, 0.1) is 13.7 Å². The molecule has 0 saturated heterocycles. The molecule has 2 aromatic rings. The van der Waals surface area contributed by atoms with Crippen LogP contribution in [-0.4, -0.2) is 32.6 Å². The van der Waals surface area contributed by atoms with Crippen molar-refractivity contribution < 1.29 is 19.1 Å². The zero-order valence-corrected chi connectivity index (χ0v) is 16.5. The van der Waals surface area contributed by atoms with E-state index in [0.717, 1.165) is 18.4 Å². The predicted molar refractivity (Wildman–Crippen MR) is 111 cm³/mol. The summed E-state index contributed by atoms with van der Waals surface area (Å²) in [7, 11) is 3.16. The van der Waals surface area contributed by atoms with Crippen LogP contribution in [-0.2, 0) is 4.79 Å². The monoisotopic (exact) mass is 382 g/mol. The zero-order chi connectivity index (χ0) is 20.4. The van der Waals surface area contributed by atoms with Crippen LogP contribution in [0, 0.1) is 0 Å². The van der Waals surface area contributed by atoms with E-state index < -0.39 is 0 Å². The molecule has 2 aromatic carbocycles. The van der Waals surface area contributed by atoms with Crippen molar-refractivity contribution >= 4 is 23.6 Å². The van der Waals surface area contributed by atoms with Gasteiger partial charge in [0.1, 0.15) is 0 Å². The first kappa shape index (κ1) is 21.0. The quantitative estimate of drug-likeness (QED) is 0.510. The third kappa shape index (κ3) is 6.16. The van der Waals surface area contributed by atoms with E-state index in [-0.39, 0.29) is 11.8 Å². The van der Waals surface area contributed by atoms with Gasteiger partial charge in [-0.25, -0.2) is 0 Å². The average Bonchev–Trinajstić information content (AvgIpc) is 2.73. The van der Waals surface area contributed by atoms with E-state index in [4.69, 9.17) is 9.47 Å². The topological polar surface area (TPSA) is 76.7 Å². The second kappa shape index (κ2) is 10.8. The van der Waals surface area contributed by atoms with Crippen molar-refractivity contribution in [1.82, 2.24) is 5.32 Å². The number of carbonyl (C=O) groups excluding carboxylic acids is 2. The Morgan fingerprint density at radius 1 is 1.07 bits per heavy atom. The molecule has 0 heterocycles. The molecule has 0 aliphatic heterocycles. The van der Waals surface area contributed by atoms with Gasteiger partial charge >= 0.3 is 0 Å². The summed E-state index contributed by atoms with van der Waals surface area (Å²) in [6.07, 6.45) is 5.19. The normalized spacial score (nSPS) is 10.5. The highest BCUT2D eigenvalue weighted by Crippen LogP contribution is 2.28. The fourth-order valence-corrected chi connectivity index (χ4v) is 2.44. The standard InChI is InChI=1S/C22H26N2O4/c1-4-5-14-28-19-12-6-16(15-20(19)27-3)7-13-21(25)24-18-10-8-17(9-11-18)22(26)23-2/h6-13,15H,4-5,14H2,1-3H3,(H,23,26)(H,24,25)/b13-7+. The summed E-state index contributed by atoms with van der Waals surface area (Å²) in [5.41, 5.74) is 1.97. The predicted octanol–water partition coefficient (Wildman–Crippen LogP) is 3.89. The molecule has 6 nitrogen and oxygen atoms in total. The number of benzene rings is 2. The van der Waals surface area contributed by atoms with E-state index in [1.807, 2.05) is 18.2 Å². The molecule has 28 heavy (non-hydrogen) atoms. The van der Waals surface area contributed by atoms with Crippen LogP contribution in [0.2, 0.25) is 0 Å². The maximum absolute atomic E-state index is 12.1. The molecule has 0 spiro atoms. The Hall–Kier alpha value is -3.28. The lowest BCUT2D eigenvalue weighted by atomic mass is 10.1. The molecule has 0 atom stereocenters. The van der Waals surface area contributed by atoms with Gasteiger partial charge in [-0.3, -0.25) is 9.59 Å². The van der Waals surface area contributed by atoms with Gasteiger partial charge in [-0.05, 0) is 54.5 Å². The van der Waals surface area contributed by atoms with E-state index in [1.165, 1.54) is 6.08 Å². The van der Waals surface area contributed by atoms with Gasteiger partial charge in [0, 0.05) is 24.4 Å². The maximum Gasteiger partial charge on any atom is 0.251 e. The fourth-order valence-electron chi connectivity index (χ4n) is 2.44. The van der Waals surface area contributed by atoms with Crippen LogP contribution in [0.25, 0.3) is 6.08 Å². The Bertz CT molecular complexity index is 829. The van der Waals surface area contributed by atoms with Gasteiger partial charge in [0.25, 0.3) is 5.91 Å². The molecule has 0 aromatic heterocycles. The molecule has 0 fully saturated rings. The SMILES string of the molecule is CCCCOc1ccc(/C=C/C(=O)Nc2ccc(C(=O)NC)cc2)cc1OC. The summed E-state index contributed by atoms with van der Waals surface area (Å²) >= 11 is 0. The lowest BCUT2D eigenvalue weighted by Crippen LogP contribution is -2.17. The minimum atomic E-state index is -0.269. The summed E-state index contributed by atoms with van der Waals surface area (Å²) in [5.74, 6) is 0.876. The van der Waals surface area contributed by atoms with Crippen molar-refractivity contribution in [3.8, 4) is 11.5 Å². The minimum absolute atomic E-state index is 0.172. The Morgan fingerprint density at radius 2 is 1.82 bits per heavy atom. The molecule has 0 bridgehead atoms. The molecule has 0 aliphatic rings. The number of rotatable bonds is 9. The Balaban J connectivity index is 1.98. The number of carbonyl (C=O) groups is 2. The highest BCUT2D eigenvalue weighted by atomic mass is 16.5. The summed E-state index contributed by atoms with van der Waals surface area (Å²) < 4.78 is 11.1. The molecular formula is C22H26N2O4. The van der Waals surface area contributed by atoms with Gasteiger partial charge in [0.2, 0.25) is 5.91 Å². The number of hydrogen-bond donors (Lipinski definition) is 2. The number of unbranched alkanes of at least 4 members (excludes halogenated alkanes) is 1. The number of ether oxygens (including phenoxy) is 2. The molecule has 0 radical (unpaired) electrons. The van der Waals surface area contributed by atoms with Crippen molar-refractivity contribution in [3.05, 3.63) is 59.7 Å². The lowest BCUT2D eigenvalue weighted by molar-refractivity contribution is -0.111. The zero-order valence-electron chi connectivity index (χ0n) is 16.5. The van der Waals surface area contributed by atoms with Crippen molar-refractivity contribution in [2.75, 3.05) is 26.1 Å². The van der Waals surface area contributed by atoms with E-state index >= 15 is 0 Å². The third-order valence-corrected chi connectivity index (χ3v) is 4.01. The Morgan fingerprint density at radius 3 is 2.46 bits per heavy atom. The van der Waals surface area contributed by atoms with E-state index in [1.54, 1.807) is 44.5 Å². The van der Waals surface area contributed by atoms with E-state index in [2.05, 4.69) is 17.6 Å². The van der Waals surface area contributed by atoms with Crippen LogP contribution in [0.1, 0.15) is 35.7 Å². The van der Waals surface area contributed by atoms with Crippen LogP contribution in [0.3, 0.4) is 0 Å². The summed E-state index contributed by atoms with van der Waals surface area (Å²) in [6, 6.07) is 12.2. The lowest BCUT2D eigenvalue weighted by Gasteiger charge is -2.11. The van der Waals surface area contributed by atoms with Gasteiger partial charge in [-0.15, -0.1) is 0 Å². The molecular weight excluding hydrogens is 356 g/mol. The number of amides is 2. The first-order valence-electron chi connectivity index (χ1n) is 9.19. The summed E-state index contributed by atoms with van der Waals surface area (Å²) in [6.45, 7) is 2.75. The van der Waals surface area contributed by atoms with Crippen LogP contribution in [0.4, 0.5) is 5.69 Å². The van der Waals surface area contributed by atoms with E-state index in [9.17, 15) is 9.59 Å². The van der Waals surface area contributed by atoms with E-state index in [0.29, 0.717) is 29.4 Å². The molecule has 6 heteroatoms. The average molecular weight is 382 g/mol. The van der Waals surface area contributed by atoms with Crippen LogP contribution in [0.5, 0.6) is 11.5 Å². The summed E-state index contributed by atoms with van der Waals surface area (Å²) in [4.78, 5) is 23.7. The van der Waals surface area contributed by atoms with Crippen molar-refractivity contribution in [3.63, 3.8) is 0 Å². The van der Waals surface area contributed by atoms with Crippen LogP contribution < -0.4 is 20.1 Å². The molecule has 0 saturated carbocycles. The Labute approximate surface area is 165 Å². The highest BCUT2D eigenvalue weighted by molar-refractivity contribution is 6.02. The number of hydrogen-bond acceptors (Lipinski definition) is 4. The first-order chi connectivity index (χ1) is 13.6. The second-order valence-corrected chi connectivity index (χ2v) is 6.09. The molecule has 148 valence electrons. The minimum Gasteiger partial charge on any atom is -0.493 e. The molecule has 2 amide bonds. The van der Waals surface area contributed by atoms with Crippen molar-refractivity contribution in [2.24, 2.45) is 0 Å². The molecule has 0 aliphatic carbocycles. The second-order valence-electron chi connectivity index (χ2n) is 6.09. The largest absolute Gasteiger partial charge is 0.493 e. The number of methoxy groups -OCH3 is 1. The molecule has 2 rings (SSSR count). The summed E-state index contributed by atoms with van der Waals surface area (Å²) in [5, 5.41) is 5.31. The van der Waals surface area contributed by atoms with Crippen molar-refractivity contribution in [2.45, 2.75) is 19.8 Å². The highest BCUT2D eigenvalue weighted by Gasteiger charge is 2.06. The molecule has 2 N–H and O–H groups in total. The first-order valence-corrected chi connectivity index (χ1v) is 9.19.